The van der Waals surface area contributed by atoms with E-state index >= 15 is 0 Å². The van der Waals surface area contributed by atoms with Gasteiger partial charge in [-0.3, -0.25) is 4.79 Å². The second kappa shape index (κ2) is 9.83. The van der Waals surface area contributed by atoms with Gasteiger partial charge in [-0.1, -0.05) is 23.7 Å². The Balaban J connectivity index is 1.36. The van der Waals surface area contributed by atoms with E-state index in [0.717, 1.165) is 36.4 Å². The van der Waals surface area contributed by atoms with E-state index in [1.165, 1.54) is 6.20 Å². The van der Waals surface area contributed by atoms with Gasteiger partial charge in [0.15, 0.2) is 5.82 Å². The van der Waals surface area contributed by atoms with Crippen LogP contribution in [0.25, 0.3) is 0 Å². The maximum Gasteiger partial charge on any atom is 0.256 e. The van der Waals surface area contributed by atoms with Gasteiger partial charge in [0.05, 0.1) is 30.2 Å². The third-order valence-electron chi connectivity index (χ3n) is 6.81. The third-order valence-corrected chi connectivity index (χ3v) is 7.08. The minimum absolute atomic E-state index is 0.0312. The van der Waals surface area contributed by atoms with Crippen LogP contribution in [0.4, 0.5) is 28.8 Å². The number of rotatable bonds is 7. The lowest BCUT2D eigenvalue weighted by Gasteiger charge is -2.23. The molecule has 0 spiro atoms. The summed E-state index contributed by atoms with van der Waals surface area (Å²) in [6.45, 7) is 2.58. The van der Waals surface area contributed by atoms with Crippen molar-refractivity contribution in [3.8, 4) is 5.75 Å². The smallest absolute Gasteiger partial charge is 0.256 e. The fraction of sp³-hybridized carbons (Fsp3) is 0.346. The minimum Gasteiger partial charge on any atom is -0.494 e. The summed E-state index contributed by atoms with van der Waals surface area (Å²) < 4.78 is 5.67. The van der Waals surface area contributed by atoms with Crippen LogP contribution in [-0.4, -0.2) is 73.1 Å². The Morgan fingerprint density at radius 3 is 2.75 bits per heavy atom. The van der Waals surface area contributed by atoms with E-state index in [4.69, 9.17) is 16.3 Å². The number of methoxy groups -OCH3 is 1. The summed E-state index contributed by atoms with van der Waals surface area (Å²) in [6.07, 6.45) is 2.67. The van der Waals surface area contributed by atoms with Gasteiger partial charge in [0.25, 0.3) is 5.91 Å². The van der Waals surface area contributed by atoms with Crippen LogP contribution in [0.15, 0.2) is 42.6 Å². The lowest BCUT2D eigenvalue weighted by atomic mass is 10.1. The molecule has 188 valence electrons. The first-order valence-corrected chi connectivity index (χ1v) is 12.2. The van der Waals surface area contributed by atoms with Gasteiger partial charge in [0.1, 0.15) is 10.8 Å². The zero-order chi connectivity index (χ0) is 25.4. The topological polar surface area (TPSA) is 85.9 Å². The minimum atomic E-state index is -0.0312. The molecule has 1 fully saturated rings. The molecule has 5 rings (SSSR count). The number of carbonyl (C=O) groups excluding carboxylic acids is 1. The van der Waals surface area contributed by atoms with Crippen LogP contribution in [0, 0.1) is 0 Å². The molecule has 36 heavy (non-hydrogen) atoms. The molecule has 1 amide bonds. The molecule has 1 aromatic heterocycles. The molecule has 10 heteroatoms. The van der Waals surface area contributed by atoms with Crippen LogP contribution < -0.4 is 20.3 Å². The van der Waals surface area contributed by atoms with Crippen molar-refractivity contribution in [1.82, 2.24) is 19.8 Å². The monoisotopic (exact) mass is 507 g/mol. The van der Waals surface area contributed by atoms with E-state index in [2.05, 4.69) is 50.6 Å². The number of likely N-dealkylation sites (N-methyl/N-ethyl adjacent to an activating group) is 1. The predicted octanol–water partition coefficient (Wildman–Crippen LogP) is 4.35. The Morgan fingerprint density at radius 1 is 1.17 bits per heavy atom. The first kappa shape index (κ1) is 24.1. The van der Waals surface area contributed by atoms with Gasteiger partial charge in [-0.15, -0.1) is 0 Å². The fourth-order valence-electron chi connectivity index (χ4n) is 4.75. The number of halogens is 1. The first-order valence-electron chi connectivity index (χ1n) is 11.9. The summed E-state index contributed by atoms with van der Waals surface area (Å²) in [5.41, 5.74) is 4.14. The van der Waals surface area contributed by atoms with Crippen LogP contribution in [0.5, 0.6) is 5.75 Å². The van der Waals surface area contributed by atoms with E-state index in [-0.39, 0.29) is 5.91 Å². The van der Waals surface area contributed by atoms with E-state index in [9.17, 15) is 4.79 Å². The summed E-state index contributed by atoms with van der Waals surface area (Å²) in [5.74, 6) is 1.44. The zero-order valence-electron chi connectivity index (χ0n) is 20.9. The summed E-state index contributed by atoms with van der Waals surface area (Å²) in [5, 5.41) is 6.82. The van der Waals surface area contributed by atoms with Crippen LogP contribution in [0.3, 0.4) is 0 Å². The Morgan fingerprint density at radius 2 is 2.00 bits per heavy atom. The quantitative estimate of drug-likeness (QED) is 0.488. The number of nitrogens with zero attached hydrogens (tertiary/aromatic N) is 5. The van der Waals surface area contributed by atoms with Gasteiger partial charge in [-0.2, -0.15) is 4.98 Å². The highest BCUT2D eigenvalue weighted by Crippen LogP contribution is 2.35. The van der Waals surface area contributed by atoms with Crippen molar-refractivity contribution in [2.75, 3.05) is 56.9 Å². The first-order chi connectivity index (χ1) is 17.3. The molecule has 2 aliphatic rings. The maximum atomic E-state index is 12.6. The van der Waals surface area contributed by atoms with Crippen molar-refractivity contribution in [3.63, 3.8) is 0 Å². The van der Waals surface area contributed by atoms with Crippen molar-refractivity contribution in [3.05, 3.63) is 58.7 Å². The maximum absolute atomic E-state index is 12.6. The molecule has 1 atom stereocenters. The van der Waals surface area contributed by atoms with Crippen molar-refractivity contribution in [2.24, 2.45) is 0 Å². The summed E-state index contributed by atoms with van der Waals surface area (Å²) in [4.78, 5) is 27.9. The van der Waals surface area contributed by atoms with E-state index in [0.29, 0.717) is 46.4 Å². The van der Waals surface area contributed by atoms with Gasteiger partial charge in [0.2, 0.25) is 5.95 Å². The number of carbonyl (C=O) groups is 1. The molecule has 9 nitrogen and oxygen atoms in total. The standard InChI is InChI=1S/C26H30ClN7O2/c1-32(2)18-10-11-34(15-18)17-8-9-20(22(12-17)36-4)30-26-28-13-19(27)24(31-26)29-21-7-5-6-16-14-33(3)25(35)23(16)21/h5-9,12-13,18H,10-11,14-15H2,1-4H3,(H2,28,29,30,31)/t18-/m1/s1. The van der Waals surface area contributed by atoms with E-state index in [1.807, 2.05) is 30.3 Å². The number of fused-ring (bicyclic) bond motifs is 1. The van der Waals surface area contributed by atoms with Gasteiger partial charge in [-0.25, -0.2) is 4.98 Å². The second-order valence-electron chi connectivity index (χ2n) is 9.38. The van der Waals surface area contributed by atoms with Crippen molar-refractivity contribution in [1.29, 1.82) is 0 Å². The molecule has 0 saturated carbocycles. The number of hydrogen-bond donors (Lipinski definition) is 2. The molecule has 1 saturated heterocycles. The SMILES string of the molecule is COc1cc(N2CC[C@@H](N(C)C)C2)ccc1Nc1ncc(Cl)c(Nc2cccc3c2C(=O)N(C)C3)n1. The third kappa shape index (κ3) is 4.64. The number of hydrogen-bond acceptors (Lipinski definition) is 8. The number of benzene rings is 2. The average molecular weight is 508 g/mol. The molecule has 2 aromatic carbocycles. The zero-order valence-corrected chi connectivity index (χ0v) is 21.6. The molecule has 0 unspecified atom stereocenters. The second-order valence-corrected chi connectivity index (χ2v) is 9.78. The highest BCUT2D eigenvalue weighted by molar-refractivity contribution is 6.33. The molecule has 0 aliphatic carbocycles. The van der Waals surface area contributed by atoms with Crippen molar-refractivity contribution < 1.29 is 9.53 Å². The average Bonchev–Trinajstić information content (AvgIpc) is 3.47. The molecule has 0 radical (unpaired) electrons. The molecule has 3 aromatic rings. The molecule has 3 heterocycles. The Hall–Kier alpha value is -3.56. The Labute approximate surface area is 216 Å². The highest BCUT2D eigenvalue weighted by atomic mass is 35.5. The van der Waals surface area contributed by atoms with Gasteiger partial charge in [-0.05, 0) is 44.3 Å². The van der Waals surface area contributed by atoms with Crippen LogP contribution in [0.2, 0.25) is 5.02 Å². The van der Waals surface area contributed by atoms with Crippen LogP contribution in [0.1, 0.15) is 22.3 Å². The van der Waals surface area contributed by atoms with Crippen molar-refractivity contribution >= 4 is 46.3 Å². The summed E-state index contributed by atoms with van der Waals surface area (Å²) >= 11 is 6.41. The summed E-state index contributed by atoms with van der Waals surface area (Å²) in [7, 11) is 7.68. The molecular weight excluding hydrogens is 478 g/mol. The molecule has 2 aliphatic heterocycles. The normalized spacial score (nSPS) is 17.1. The molecular formula is C26H30ClN7O2. The number of anilines is 5. The molecule has 0 bridgehead atoms. The Kier molecular flexibility index (Phi) is 6.59. The predicted molar refractivity (Wildman–Crippen MR) is 143 cm³/mol. The lowest BCUT2D eigenvalue weighted by molar-refractivity contribution is 0.0817. The molecule has 2 N–H and O–H groups in total. The largest absolute Gasteiger partial charge is 0.494 e. The number of ether oxygens (including phenoxy) is 1. The number of amides is 1. The van der Waals surface area contributed by atoms with Gasteiger partial charge in [0, 0.05) is 44.5 Å². The number of nitrogens with one attached hydrogen (secondary N) is 2. The van der Waals surface area contributed by atoms with Crippen molar-refractivity contribution in [2.45, 2.75) is 19.0 Å². The van der Waals surface area contributed by atoms with Gasteiger partial charge >= 0.3 is 0 Å². The fourth-order valence-corrected chi connectivity index (χ4v) is 4.89. The highest BCUT2D eigenvalue weighted by Gasteiger charge is 2.28. The summed E-state index contributed by atoms with van der Waals surface area (Å²) in [6, 6.07) is 12.3. The Bertz CT molecular complexity index is 1300. The lowest BCUT2D eigenvalue weighted by Crippen LogP contribution is -2.31. The van der Waals surface area contributed by atoms with E-state index in [1.54, 1.807) is 19.1 Å². The van der Waals surface area contributed by atoms with Crippen LogP contribution >= 0.6 is 11.6 Å². The van der Waals surface area contributed by atoms with Crippen LogP contribution in [-0.2, 0) is 6.54 Å². The van der Waals surface area contributed by atoms with Gasteiger partial charge < -0.3 is 30.1 Å². The number of aromatic nitrogens is 2. The van der Waals surface area contributed by atoms with E-state index < -0.39 is 0 Å².